The summed E-state index contributed by atoms with van der Waals surface area (Å²) in [5.41, 5.74) is 3.49. The van der Waals surface area contributed by atoms with E-state index in [4.69, 9.17) is 14.3 Å². The molecule has 8 rings (SSSR count). The number of benzene rings is 4. The fourth-order valence-corrected chi connectivity index (χ4v) is 9.91. The first kappa shape index (κ1) is 44.3. The zero-order valence-electron chi connectivity index (χ0n) is 34.2. The van der Waals surface area contributed by atoms with Crippen molar-refractivity contribution in [3.63, 3.8) is 0 Å². The molecule has 1 saturated heterocycles. The molecule has 0 saturated carbocycles. The van der Waals surface area contributed by atoms with Crippen molar-refractivity contribution in [3.8, 4) is 0 Å². The number of carbonyl (C=O) groups is 5. The molecule has 3 amide bonds. The summed E-state index contributed by atoms with van der Waals surface area (Å²) in [5.74, 6) is -2.60. The van der Waals surface area contributed by atoms with Gasteiger partial charge in [0, 0.05) is 28.4 Å². The highest BCUT2D eigenvalue weighted by atomic mass is 32.2. The lowest BCUT2D eigenvalue weighted by molar-refractivity contribution is -0.154. The van der Waals surface area contributed by atoms with Crippen LogP contribution in [-0.2, 0) is 38.3 Å². The summed E-state index contributed by atoms with van der Waals surface area (Å²) in [4.78, 5) is 83.0. The van der Waals surface area contributed by atoms with E-state index in [-0.39, 0.29) is 22.2 Å². The van der Waals surface area contributed by atoms with Crippen LogP contribution in [0, 0.1) is 0 Å². The second kappa shape index (κ2) is 21.4. The number of oxime groups is 1. The van der Waals surface area contributed by atoms with Gasteiger partial charge in [0.05, 0.1) is 0 Å². The highest BCUT2D eigenvalue weighted by Gasteiger charge is 2.55. The Hall–Kier alpha value is -7.34. The van der Waals surface area contributed by atoms with Gasteiger partial charge in [-0.3, -0.25) is 24.3 Å². The number of hydrogen-bond donors (Lipinski definition) is 2. The maximum atomic E-state index is 14.5. The summed E-state index contributed by atoms with van der Waals surface area (Å²) in [5, 5.41) is 11.9. The first-order valence-electron chi connectivity index (χ1n) is 20.1. The molecule has 2 aliphatic heterocycles. The standard InChI is InChI=1S/C48H38N6O8S3/c55-30-50-48-51-36(28-65-48)39(53-60-27-38(56)61-42(32-15-5-1-6-16-32)33-17-7-2-8-18-33)44(57)52-40-45(58)54-41(37(29-64-46(40)54)63-25-23-31-14-13-24-49-26-31)47(59)62-43(34-19-9-3-10-20-34)35-21-11-4-12-22-35/h1-26,28,30,40,42-43,46H,27,29H2,(H,52,57)(H,50,51,55)/b25-23-,53-39?/t40?,46-/m1/s1. The molecule has 4 heterocycles. The molecule has 6 aromatic rings. The van der Waals surface area contributed by atoms with Crippen molar-refractivity contribution in [1.29, 1.82) is 0 Å². The van der Waals surface area contributed by atoms with Gasteiger partial charge in [0.15, 0.2) is 23.1 Å². The van der Waals surface area contributed by atoms with E-state index in [0.29, 0.717) is 17.1 Å². The smallest absolute Gasteiger partial charge is 0.356 e. The quantitative estimate of drug-likeness (QED) is 0.0286. The minimum Gasteiger partial charge on any atom is -0.450 e. The summed E-state index contributed by atoms with van der Waals surface area (Å²) in [6.07, 6.45) is 4.13. The first-order valence-corrected chi connectivity index (χ1v) is 22.9. The second-order valence-corrected chi connectivity index (χ2v) is 17.1. The molecule has 17 heteroatoms. The fourth-order valence-electron chi connectivity index (χ4n) is 6.90. The Morgan fingerprint density at radius 2 is 1.43 bits per heavy atom. The molecule has 0 bridgehead atoms. The molecular weight excluding hydrogens is 885 g/mol. The van der Waals surface area contributed by atoms with Crippen LogP contribution < -0.4 is 10.6 Å². The summed E-state index contributed by atoms with van der Waals surface area (Å²) in [6.45, 7) is -0.677. The van der Waals surface area contributed by atoms with Crippen molar-refractivity contribution in [1.82, 2.24) is 20.2 Å². The monoisotopic (exact) mass is 922 g/mol. The first-order chi connectivity index (χ1) is 31.9. The molecule has 65 heavy (non-hydrogen) atoms. The number of β-lactam (4-membered cyclic amide) rings is 1. The molecule has 2 atom stereocenters. The zero-order chi connectivity index (χ0) is 45.0. The van der Waals surface area contributed by atoms with Gasteiger partial charge in [0.2, 0.25) is 13.0 Å². The number of hydrogen-bond acceptors (Lipinski definition) is 14. The number of esters is 2. The number of rotatable bonds is 18. The molecule has 0 spiro atoms. The molecule has 14 nitrogen and oxygen atoms in total. The van der Waals surface area contributed by atoms with Gasteiger partial charge in [-0.1, -0.05) is 144 Å². The number of anilines is 1. The van der Waals surface area contributed by atoms with Crippen molar-refractivity contribution in [2.24, 2.45) is 5.16 Å². The maximum Gasteiger partial charge on any atom is 0.356 e. The average molecular weight is 923 g/mol. The number of ether oxygens (including phenoxy) is 2. The predicted octanol–water partition coefficient (Wildman–Crippen LogP) is 7.51. The molecule has 326 valence electrons. The number of nitrogens with one attached hydrogen (secondary N) is 2. The maximum absolute atomic E-state index is 14.5. The van der Waals surface area contributed by atoms with Gasteiger partial charge >= 0.3 is 11.9 Å². The van der Waals surface area contributed by atoms with E-state index < -0.39 is 54.0 Å². The number of carbonyl (C=O) groups excluding carboxylic acids is 5. The lowest BCUT2D eigenvalue weighted by Crippen LogP contribution is -2.71. The van der Waals surface area contributed by atoms with Crippen molar-refractivity contribution in [3.05, 3.63) is 201 Å². The number of thioether (sulfide) groups is 2. The Morgan fingerprint density at radius 1 is 0.831 bits per heavy atom. The fraction of sp³-hybridized carbons (Fsp3) is 0.125. The number of thiazole rings is 1. The molecule has 1 fully saturated rings. The van der Waals surface area contributed by atoms with Crippen molar-refractivity contribution >= 4 is 81.9 Å². The van der Waals surface area contributed by atoms with E-state index >= 15 is 0 Å². The predicted molar refractivity (Wildman–Crippen MR) is 249 cm³/mol. The van der Waals surface area contributed by atoms with Gasteiger partial charge in [-0.05, 0) is 45.4 Å². The van der Waals surface area contributed by atoms with Gasteiger partial charge in [-0.25, -0.2) is 14.6 Å². The van der Waals surface area contributed by atoms with Gasteiger partial charge in [0.1, 0.15) is 22.8 Å². The van der Waals surface area contributed by atoms with Gasteiger partial charge in [0.25, 0.3) is 11.8 Å². The summed E-state index contributed by atoms with van der Waals surface area (Å²) in [6, 6.07) is 39.6. The molecular formula is C48H38N6O8S3. The lowest BCUT2D eigenvalue weighted by Gasteiger charge is -2.49. The van der Waals surface area contributed by atoms with Crippen LogP contribution >= 0.6 is 34.9 Å². The highest BCUT2D eigenvalue weighted by molar-refractivity contribution is 8.08. The average Bonchev–Trinajstić information content (AvgIpc) is 3.82. The number of pyridine rings is 1. The summed E-state index contributed by atoms with van der Waals surface area (Å²) >= 11 is 3.66. The molecule has 4 aromatic carbocycles. The van der Waals surface area contributed by atoms with E-state index in [0.717, 1.165) is 39.2 Å². The second-order valence-electron chi connectivity index (χ2n) is 14.2. The SMILES string of the molecule is O=CNc1nc(C(=NOCC(=O)OC(c2ccccc2)c2ccccc2)C(=O)NC2C(=O)N3C(C(=O)OC(c4ccccc4)c4ccccc4)=C(S/C=C\c4cccnc4)CS[C@H]23)cs1. The molecule has 2 aromatic heterocycles. The van der Waals surface area contributed by atoms with Crippen molar-refractivity contribution in [2.45, 2.75) is 23.6 Å². The van der Waals surface area contributed by atoms with Gasteiger partial charge in [-0.2, -0.15) is 0 Å². The molecule has 0 radical (unpaired) electrons. The topological polar surface area (TPSA) is 178 Å². The Bertz CT molecular complexity index is 2650. The van der Waals surface area contributed by atoms with Gasteiger partial charge in [-0.15, -0.1) is 23.1 Å². The molecule has 1 unspecified atom stereocenters. The molecule has 0 aliphatic carbocycles. The van der Waals surface area contributed by atoms with Crippen LogP contribution in [0.2, 0.25) is 0 Å². The minimum absolute atomic E-state index is 0.00714. The van der Waals surface area contributed by atoms with Crippen molar-refractivity contribution in [2.75, 3.05) is 17.7 Å². The third-order valence-electron chi connectivity index (χ3n) is 9.93. The zero-order valence-corrected chi connectivity index (χ0v) is 36.6. The minimum atomic E-state index is -1.11. The normalized spacial score (nSPS) is 15.9. The van der Waals surface area contributed by atoms with Crippen LogP contribution in [-0.4, -0.2) is 74.5 Å². The van der Waals surface area contributed by atoms with Crippen LogP contribution in [0.25, 0.3) is 6.08 Å². The number of nitrogens with zero attached hydrogens (tertiary/aromatic N) is 4. The third kappa shape index (κ3) is 10.7. The molecule has 2 N–H and O–H groups in total. The van der Waals surface area contributed by atoms with E-state index in [1.54, 1.807) is 12.4 Å². The van der Waals surface area contributed by atoms with E-state index in [1.807, 2.05) is 145 Å². The van der Waals surface area contributed by atoms with E-state index in [2.05, 4.69) is 25.8 Å². The van der Waals surface area contributed by atoms with E-state index in [9.17, 15) is 24.0 Å². The summed E-state index contributed by atoms with van der Waals surface area (Å²) in [7, 11) is 0. The van der Waals surface area contributed by atoms with Crippen LogP contribution in [0.4, 0.5) is 5.13 Å². The number of fused-ring (bicyclic) bond motifs is 1. The lowest BCUT2D eigenvalue weighted by atomic mass is 10.0. The number of amides is 3. The molecule has 2 aliphatic rings. The highest BCUT2D eigenvalue weighted by Crippen LogP contribution is 2.45. The van der Waals surface area contributed by atoms with E-state index in [1.165, 1.54) is 33.8 Å². The largest absolute Gasteiger partial charge is 0.450 e. The summed E-state index contributed by atoms with van der Waals surface area (Å²) < 4.78 is 12.1. The van der Waals surface area contributed by atoms with Crippen LogP contribution in [0.3, 0.4) is 0 Å². The van der Waals surface area contributed by atoms with Crippen LogP contribution in [0.5, 0.6) is 0 Å². The van der Waals surface area contributed by atoms with Crippen LogP contribution in [0.15, 0.2) is 172 Å². The third-order valence-corrected chi connectivity index (χ3v) is 13.1. The Kier molecular flexibility index (Phi) is 14.5. The Labute approximate surface area is 385 Å². The number of aromatic nitrogens is 2. The van der Waals surface area contributed by atoms with Crippen LogP contribution in [0.1, 0.15) is 45.7 Å². The Balaban J connectivity index is 1.02. The van der Waals surface area contributed by atoms with Gasteiger partial charge < -0.3 is 24.9 Å². The Morgan fingerprint density at radius 3 is 2.00 bits per heavy atom. The van der Waals surface area contributed by atoms with Crippen molar-refractivity contribution < 1.29 is 38.3 Å².